The van der Waals surface area contributed by atoms with E-state index in [1.54, 1.807) is 22.7 Å². The van der Waals surface area contributed by atoms with Crippen molar-refractivity contribution in [1.29, 1.82) is 10.7 Å². The average molecular weight is 415 g/mol. The fraction of sp³-hybridized carbons (Fsp3) is 0.217. The first kappa shape index (κ1) is 18.2. The van der Waals surface area contributed by atoms with Gasteiger partial charge >= 0.3 is 0 Å². The SMILES string of the molecule is C[C@@H]1CC([C@@H](C#N)c2nc3ccccc3s2)=CC(=N)[C@@H]1c1nc2ccccc2s1. The van der Waals surface area contributed by atoms with Crippen molar-refractivity contribution < 1.29 is 0 Å². The van der Waals surface area contributed by atoms with Crippen LogP contribution in [0.1, 0.15) is 35.2 Å². The molecule has 3 atom stereocenters. The zero-order chi connectivity index (χ0) is 20.0. The summed E-state index contributed by atoms with van der Waals surface area (Å²) in [7, 11) is 0. The lowest BCUT2D eigenvalue weighted by atomic mass is 9.76. The van der Waals surface area contributed by atoms with Crippen molar-refractivity contribution in [2.75, 3.05) is 0 Å². The number of aromatic nitrogens is 2. The molecular weight excluding hydrogens is 396 g/mol. The van der Waals surface area contributed by atoms with Crippen LogP contribution in [-0.4, -0.2) is 15.7 Å². The van der Waals surface area contributed by atoms with E-state index in [2.05, 4.69) is 24.0 Å². The third-order valence-electron chi connectivity index (χ3n) is 5.44. The molecule has 0 spiro atoms. The first-order valence-corrected chi connectivity index (χ1v) is 11.2. The van der Waals surface area contributed by atoms with Gasteiger partial charge in [-0.2, -0.15) is 5.26 Å². The number of nitrogens with one attached hydrogen (secondary N) is 1. The van der Waals surface area contributed by atoms with E-state index in [0.717, 1.165) is 42.4 Å². The van der Waals surface area contributed by atoms with Gasteiger partial charge in [0.15, 0.2) is 0 Å². The monoisotopic (exact) mass is 414 g/mol. The molecular formula is C23H18N4S2. The van der Waals surface area contributed by atoms with Crippen LogP contribution in [-0.2, 0) is 0 Å². The first-order valence-electron chi connectivity index (χ1n) is 9.53. The minimum atomic E-state index is -0.397. The molecule has 0 aliphatic heterocycles. The molecule has 0 radical (unpaired) electrons. The third-order valence-corrected chi connectivity index (χ3v) is 7.66. The van der Waals surface area contributed by atoms with E-state index < -0.39 is 5.92 Å². The van der Waals surface area contributed by atoms with Crippen LogP contribution in [0.15, 0.2) is 60.2 Å². The molecule has 0 fully saturated rings. The minimum absolute atomic E-state index is 0.0224. The Kier molecular flexibility index (Phi) is 4.50. The van der Waals surface area contributed by atoms with E-state index in [4.69, 9.17) is 10.4 Å². The highest BCUT2D eigenvalue weighted by Crippen LogP contribution is 2.43. The van der Waals surface area contributed by atoms with Crippen molar-refractivity contribution >= 4 is 48.8 Å². The molecule has 6 heteroatoms. The molecule has 2 heterocycles. The largest absolute Gasteiger partial charge is 0.305 e. The zero-order valence-corrected chi connectivity index (χ0v) is 17.4. The minimum Gasteiger partial charge on any atom is -0.305 e. The molecule has 2 aromatic heterocycles. The van der Waals surface area contributed by atoms with Crippen molar-refractivity contribution in [3.8, 4) is 6.07 Å². The summed E-state index contributed by atoms with van der Waals surface area (Å²) in [5.41, 5.74) is 3.45. The summed E-state index contributed by atoms with van der Waals surface area (Å²) in [5.74, 6) is -0.203. The number of para-hydroxylation sites is 2. The van der Waals surface area contributed by atoms with Crippen LogP contribution in [0, 0.1) is 22.7 Å². The average Bonchev–Trinajstić information content (AvgIpc) is 3.31. The Hall–Kier alpha value is -2.88. The number of nitrogens with zero attached hydrogens (tertiary/aromatic N) is 3. The lowest BCUT2D eigenvalue weighted by Gasteiger charge is -2.29. The van der Waals surface area contributed by atoms with Gasteiger partial charge in [-0.3, -0.25) is 0 Å². The molecule has 142 valence electrons. The summed E-state index contributed by atoms with van der Waals surface area (Å²) in [6.07, 6.45) is 2.67. The Morgan fingerprint density at radius 2 is 1.69 bits per heavy atom. The van der Waals surface area contributed by atoms with E-state index in [-0.39, 0.29) is 11.8 Å². The summed E-state index contributed by atoms with van der Waals surface area (Å²) >= 11 is 3.24. The molecule has 0 amide bonds. The quantitative estimate of drug-likeness (QED) is 0.428. The Bertz CT molecular complexity index is 1240. The van der Waals surface area contributed by atoms with E-state index >= 15 is 0 Å². The van der Waals surface area contributed by atoms with Crippen LogP contribution in [0.4, 0.5) is 0 Å². The highest BCUT2D eigenvalue weighted by molar-refractivity contribution is 7.19. The van der Waals surface area contributed by atoms with Crippen molar-refractivity contribution in [3.05, 3.63) is 70.2 Å². The van der Waals surface area contributed by atoms with Crippen LogP contribution in [0.25, 0.3) is 20.4 Å². The Morgan fingerprint density at radius 3 is 2.31 bits per heavy atom. The normalized spacial score (nSPS) is 20.6. The molecule has 1 aliphatic carbocycles. The summed E-state index contributed by atoms with van der Waals surface area (Å²) in [4.78, 5) is 9.48. The van der Waals surface area contributed by atoms with Gasteiger partial charge in [0.05, 0.1) is 32.4 Å². The fourth-order valence-electron chi connectivity index (χ4n) is 4.06. The third kappa shape index (κ3) is 3.17. The van der Waals surface area contributed by atoms with Crippen molar-refractivity contribution in [1.82, 2.24) is 9.97 Å². The topological polar surface area (TPSA) is 73.4 Å². The lowest BCUT2D eigenvalue weighted by molar-refractivity contribution is 0.517. The fourth-order valence-corrected chi connectivity index (χ4v) is 6.33. The van der Waals surface area contributed by atoms with Crippen LogP contribution in [0.5, 0.6) is 0 Å². The molecule has 0 unspecified atom stereocenters. The molecule has 0 saturated heterocycles. The van der Waals surface area contributed by atoms with Crippen molar-refractivity contribution in [2.24, 2.45) is 5.92 Å². The van der Waals surface area contributed by atoms with Crippen LogP contribution in [0.3, 0.4) is 0 Å². The van der Waals surface area contributed by atoms with Gasteiger partial charge in [-0.25, -0.2) is 9.97 Å². The maximum atomic E-state index is 9.90. The number of thiazole rings is 2. The maximum absolute atomic E-state index is 9.90. The maximum Gasteiger partial charge on any atom is 0.119 e. The van der Waals surface area contributed by atoms with Gasteiger partial charge in [0, 0.05) is 5.71 Å². The number of allylic oxidation sites excluding steroid dienone is 2. The van der Waals surface area contributed by atoms with E-state index in [1.165, 1.54) is 0 Å². The molecule has 0 saturated carbocycles. The number of benzene rings is 2. The number of hydrogen-bond donors (Lipinski definition) is 1. The van der Waals surface area contributed by atoms with Crippen molar-refractivity contribution in [3.63, 3.8) is 0 Å². The van der Waals surface area contributed by atoms with Crippen LogP contribution in [0.2, 0.25) is 0 Å². The number of nitriles is 1. The van der Waals surface area contributed by atoms with Gasteiger partial charge in [0.25, 0.3) is 0 Å². The lowest BCUT2D eigenvalue weighted by Crippen LogP contribution is -2.24. The predicted molar refractivity (Wildman–Crippen MR) is 120 cm³/mol. The summed E-state index contributed by atoms with van der Waals surface area (Å²) in [5, 5.41) is 20.4. The zero-order valence-electron chi connectivity index (χ0n) is 15.8. The molecule has 29 heavy (non-hydrogen) atoms. The Balaban J connectivity index is 1.49. The van der Waals surface area contributed by atoms with Crippen LogP contribution < -0.4 is 0 Å². The van der Waals surface area contributed by atoms with Gasteiger partial charge < -0.3 is 5.41 Å². The second kappa shape index (κ2) is 7.18. The molecule has 1 N–H and O–H groups in total. The number of hydrogen-bond acceptors (Lipinski definition) is 6. The van der Waals surface area contributed by atoms with E-state index in [0.29, 0.717) is 5.71 Å². The highest BCUT2D eigenvalue weighted by atomic mass is 32.1. The standard InChI is InChI=1S/C23H18N4S2/c1-13-10-14(15(12-24)22-26-17-6-2-4-8-19(17)28-22)11-16(25)21(13)23-27-18-7-3-5-9-20(18)29-23/h2-9,11,13,15,21,25H,10H2,1H3/t13-,15-,21-/m1/s1. The van der Waals surface area contributed by atoms with Gasteiger partial charge in [-0.05, 0) is 48.3 Å². The molecule has 4 aromatic rings. The van der Waals surface area contributed by atoms with E-state index in [9.17, 15) is 5.26 Å². The van der Waals surface area contributed by atoms with Gasteiger partial charge in [-0.15, -0.1) is 22.7 Å². The second-order valence-corrected chi connectivity index (χ2v) is 9.56. The molecule has 1 aliphatic rings. The van der Waals surface area contributed by atoms with Crippen LogP contribution >= 0.6 is 22.7 Å². The predicted octanol–water partition coefficient (Wildman–Crippen LogP) is 6.28. The molecule has 5 rings (SSSR count). The first-order chi connectivity index (χ1) is 14.1. The highest BCUT2D eigenvalue weighted by Gasteiger charge is 2.34. The van der Waals surface area contributed by atoms with Gasteiger partial charge in [0.1, 0.15) is 15.9 Å². The molecule has 0 bridgehead atoms. The Labute approximate surface area is 176 Å². The summed E-state index contributed by atoms with van der Waals surface area (Å²) in [6.45, 7) is 2.16. The van der Waals surface area contributed by atoms with Gasteiger partial charge in [-0.1, -0.05) is 31.2 Å². The second-order valence-electron chi connectivity index (χ2n) is 7.44. The van der Waals surface area contributed by atoms with Crippen molar-refractivity contribution in [2.45, 2.75) is 25.2 Å². The van der Waals surface area contributed by atoms with Gasteiger partial charge in [0.2, 0.25) is 0 Å². The Morgan fingerprint density at radius 1 is 1.03 bits per heavy atom. The summed E-state index contributed by atoms with van der Waals surface area (Å²) < 4.78 is 2.25. The summed E-state index contributed by atoms with van der Waals surface area (Å²) in [6, 6.07) is 18.5. The smallest absolute Gasteiger partial charge is 0.119 e. The molecule has 2 aromatic carbocycles. The molecule has 4 nitrogen and oxygen atoms in total. The number of fused-ring (bicyclic) bond motifs is 2. The van der Waals surface area contributed by atoms with E-state index in [1.807, 2.05) is 48.5 Å². The number of rotatable bonds is 3.